The van der Waals surface area contributed by atoms with Gasteiger partial charge in [0.05, 0.1) is 12.2 Å². The monoisotopic (exact) mass is 313 g/mol. The van der Waals surface area contributed by atoms with Gasteiger partial charge in [0.25, 0.3) is 5.91 Å². The minimum absolute atomic E-state index is 0.180. The van der Waals surface area contributed by atoms with E-state index in [0.29, 0.717) is 31.1 Å². The molecule has 1 N–H and O–H groups in total. The maximum atomic E-state index is 12.5. The van der Waals surface area contributed by atoms with Crippen molar-refractivity contribution >= 4 is 11.6 Å². The van der Waals surface area contributed by atoms with Crippen LogP contribution in [0.25, 0.3) is 0 Å². The topological polar surface area (TPSA) is 47.6 Å². The minimum Gasteiger partial charge on any atom is -0.490 e. The van der Waals surface area contributed by atoms with E-state index >= 15 is 0 Å². The van der Waals surface area contributed by atoms with Crippen molar-refractivity contribution in [3.05, 3.63) is 59.2 Å². The molecule has 0 fully saturated rings. The molecule has 0 bridgehead atoms. The summed E-state index contributed by atoms with van der Waals surface area (Å²) in [6.45, 7) is 7.58. The van der Waals surface area contributed by atoms with Crippen LogP contribution in [0.2, 0.25) is 0 Å². The first kappa shape index (κ1) is 17.0. The van der Waals surface area contributed by atoms with Crippen LogP contribution in [-0.2, 0) is 4.74 Å². The Hall–Kier alpha value is -2.33. The number of carbonyl (C=O) groups excluding carboxylic acids is 1. The number of aryl methyl sites for hydroxylation is 2. The quantitative estimate of drug-likeness (QED) is 0.787. The third-order valence-electron chi connectivity index (χ3n) is 3.59. The number of nitrogens with one attached hydrogen (secondary N) is 1. The normalized spacial score (nSPS) is 10.4. The van der Waals surface area contributed by atoms with Crippen LogP contribution in [0.3, 0.4) is 0 Å². The summed E-state index contributed by atoms with van der Waals surface area (Å²) in [6, 6.07) is 13.1. The lowest BCUT2D eigenvalue weighted by molar-refractivity contribution is 0.0998. The highest BCUT2D eigenvalue weighted by molar-refractivity contribution is 6.06. The number of rotatable bonds is 7. The van der Waals surface area contributed by atoms with Crippen LogP contribution in [0.15, 0.2) is 42.5 Å². The smallest absolute Gasteiger partial charge is 0.259 e. The van der Waals surface area contributed by atoms with Gasteiger partial charge in [-0.2, -0.15) is 0 Å². The molecule has 2 aromatic carbocycles. The highest BCUT2D eigenvalue weighted by atomic mass is 16.5. The van der Waals surface area contributed by atoms with E-state index in [9.17, 15) is 4.79 Å². The van der Waals surface area contributed by atoms with Crippen LogP contribution >= 0.6 is 0 Å². The maximum Gasteiger partial charge on any atom is 0.259 e. The summed E-state index contributed by atoms with van der Waals surface area (Å²) < 4.78 is 10.9. The van der Waals surface area contributed by atoms with Crippen LogP contribution in [0.5, 0.6) is 5.75 Å². The Balaban J connectivity index is 2.07. The standard InChI is InChI=1S/C19H23NO3/c1-4-22-11-12-23-18-8-6-5-7-17(18)19(21)20-16-10-9-14(2)15(3)13-16/h5-10,13H,4,11-12H2,1-3H3,(H,20,21). The molecule has 0 saturated carbocycles. The lowest BCUT2D eigenvalue weighted by Crippen LogP contribution is -2.15. The molecule has 2 rings (SSSR count). The predicted octanol–water partition coefficient (Wildman–Crippen LogP) is 3.97. The highest BCUT2D eigenvalue weighted by Crippen LogP contribution is 2.21. The molecule has 0 atom stereocenters. The van der Waals surface area contributed by atoms with Gasteiger partial charge in [0.2, 0.25) is 0 Å². The van der Waals surface area contributed by atoms with Crippen molar-refractivity contribution in [2.75, 3.05) is 25.1 Å². The van der Waals surface area contributed by atoms with Crippen LogP contribution in [-0.4, -0.2) is 25.7 Å². The van der Waals surface area contributed by atoms with E-state index in [2.05, 4.69) is 5.32 Å². The van der Waals surface area contributed by atoms with E-state index in [-0.39, 0.29) is 5.91 Å². The van der Waals surface area contributed by atoms with Gasteiger partial charge in [0.15, 0.2) is 0 Å². The first-order chi connectivity index (χ1) is 11.1. The van der Waals surface area contributed by atoms with Crippen molar-refractivity contribution in [1.29, 1.82) is 0 Å². The summed E-state index contributed by atoms with van der Waals surface area (Å²) in [5.41, 5.74) is 3.64. The molecule has 0 spiro atoms. The summed E-state index contributed by atoms with van der Waals surface area (Å²) in [5.74, 6) is 0.383. The number of amides is 1. The van der Waals surface area contributed by atoms with E-state index in [4.69, 9.17) is 9.47 Å². The number of benzene rings is 2. The molecular formula is C19H23NO3. The van der Waals surface area contributed by atoms with E-state index in [1.165, 1.54) is 5.56 Å². The van der Waals surface area contributed by atoms with Gasteiger partial charge < -0.3 is 14.8 Å². The molecule has 1 amide bonds. The second-order valence-electron chi connectivity index (χ2n) is 5.29. The fourth-order valence-electron chi connectivity index (χ4n) is 2.15. The molecule has 4 nitrogen and oxygen atoms in total. The summed E-state index contributed by atoms with van der Waals surface area (Å²) in [5, 5.41) is 2.92. The minimum atomic E-state index is -0.180. The van der Waals surface area contributed by atoms with E-state index in [1.54, 1.807) is 12.1 Å². The molecule has 0 aliphatic rings. The molecule has 0 radical (unpaired) electrons. The summed E-state index contributed by atoms with van der Waals surface area (Å²) >= 11 is 0. The van der Waals surface area contributed by atoms with Crippen LogP contribution in [0.4, 0.5) is 5.69 Å². The molecule has 0 aliphatic heterocycles. The van der Waals surface area contributed by atoms with Crippen molar-refractivity contribution in [2.45, 2.75) is 20.8 Å². The maximum absolute atomic E-state index is 12.5. The molecule has 23 heavy (non-hydrogen) atoms. The average Bonchev–Trinajstić information content (AvgIpc) is 2.55. The SMILES string of the molecule is CCOCCOc1ccccc1C(=O)Nc1ccc(C)c(C)c1. The van der Waals surface area contributed by atoms with Crippen molar-refractivity contribution in [3.8, 4) is 5.75 Å². The number of ether oxygens (including phenoxy) is 2. The van der Waals surface area contributed by atoms with Gasteiger partial charge in [0, 0.05) is 12.3 Å². The predicted molar refractivity (Wildman–Crippen MR) is 92.3 cm³/mol. The molecule has 0 aromatic heterocycles. The van der Waals surface area contributed by atoms with Crippen molar-refractivity contribution < 1.29 is 14.3 Å². The van der Waals surface area contributed by atoms with Crippen LogP contribution in [0, 0.1) is 13.8 Å². The van der Waals surface area contributed by atoms with E-state index in [0.717, 1.165) is 11.3 Å². The van der Waals surface area contributed by atoms with Gasteiger partial charge in [0.1, 0.15) is 12.4 Å². The summed E-state index contributed by atoms with van der Waals surface area (Å²) in [7, 11) is 0. The van der Waals surface area contributed by atoms with E-state index < -0.39 is 0 Å². The Bertz CT molecular complexity index is 667. The van der Waals surface area contributed by atoms with Crippen LogP contribution < -0.4 is 10.1 Å². The van der Waals surface area contributed by atoms with Gasteiger partial charge in [-0.15, -0.1) is 0 Å². The zero-order valence-corrected chi connectivity index (χ0v) is 13.9. The molecule has 122 valence electrons. The first-order valence-electron chi connectivity index (χ1n) is 7.80. The van der Waals surface area contributed by atoms with Crippen molar-refractivity contribution in [2.24, 2.45) is 0 Å². The number of anilines is 1. The third-order valence-corrected chi connectivity index (χ3v) is 3.59. The second-order valence-corrected chi connectivity index (χ2v) is 5.29. The fourth-order valence-corrected chi connectivity index (χ4v) is 2.15. The molecule has 0 aliphatic carbocycles. The average molecular weight is 313 g/mol. The van der Waals surface area contributed by atoms with Gasteiger partial charge in [-0.3, -0.25) is 4.79 Å². The van der Waals surface area contributed by atoms with Gasteiger partial charge in [-0.05, 0) is 56.2 Å². The van der Waals surface area contributed by atoms with Crippen molar-refractivity contribution in [3.63, 3.8) is 0 Å². The molecular weight excluding hydrogens is 290 g/mol. The van der Waals surface area contributed by atoms with Gasteiger partial charge >= 0.3 is 0 Å². The summed E-state index contributed by atoms with van der Waals surface area (Å²) in [4.78, 5) is 12.5. The molecule has 0 unspecified atom stereocenters. The lowest BCUT2D eigenvalue weighted by atomic mass is 10.1. The zero-order chi connectivity index (χ0) is 16.7. The Morgan fingerprint density at radius 3 is 2.57 bits per heavy atom. The molecule has 0 heterocycles. The third kappa shape index (κ3) is 4.83. The largest absolute Gasteiger partial charge is 0.490 e. The second kappa shape index (κ2) is 8.34. The number of hydrogen-bond acceptors (Lipinski definition) is 3. The summed E-state index contributed by atoms with van der Waals surface area (Å²) in [6.07, 6.45) is 0. The number of para-hydroxylation sites is 1. The van der Waals surface area contributed by atoms with Crippen LogP contribution in [0.1, 0.15) is 28.4 Å². The highest BCUT2D eigenvalue weighted by Gasteiger charge is 2.12. The Labute approximate surface area is 137 Å². The van der Waals surface area contributed by atoms with Crippen molar-refractivity contribution in [1.82, 2.24) is 0 Å². The lowest BCUT2D eigenvalue weighted by Gasteiger charge is -2.12. The van der Waals surface area contributed by atoms with Gasteiger partial charge in [-0.25, -0.2) is 0 Å². The Kier molecular flexibility index (Phi) is 6.18. The molecule has 4 heteroatoms. The fraction of sp³-hybridized carbons (Fsp3) is 0.316. The Morgan fingerprint density at radius 1 is 1.04 bits per heavy atom. The Morgan fingerprint density at radius 2 is 1.83 bits per heavy atom. The molecule has 2 aromatic rings. The van der Waals surface area contributed by atoms with Gasteiger partial charge in [-0.1, -0.05) is 18.2 Å². The number of hydrogen-bond donors (Lipinski definition) is 1. The zero-order valence-electron chi connectivity index (χ0n) is 13.9. The first-order valence-corrected chi connectivity index (χ1v) is 7.80. The molecule has 0 saturated heterocycles. The van der Waals surface area contributed by atoms with E-state index in [1.807, 2.05) is 51.1 Å². The number of carbonyl (C=O) groups is 1.